The molecule has 0 radical (unpaired) electrons. The number of fused-ring (bicyclic) bond motifs is 2. The van der Waals surface area contributed by atoms with Gasteiger partial charge in [-0.1, -0.05) is 35.7 Å². The number of methoxy groups -OCH3 is 1. The highest BCUT2D eigenvalue weighted by Gasteiger charge is 2.26. The molecule has 1 heterocycles. The van der Waals surface area contributed by atoms with Crippen molar-refractivity contribution in [2.45, 2.75) is 16.7 Å². The molecule has 0 unspecified atom stereocenters. The number of ether oxygens (including phenoxy) is 1. The van der Waals surface area contributed by atoms with Gasteiger partial charge in [0.25, 0.3) is 11.8 Å². The Kier molecular flexibility index (Phi) is 6.39. The third kappa shape index (κ3) is 4.37. The third-order valence-electron chi connectivity index (χ3n) is 3.92. The molecular formula is C22H18N2O3S. The second-order valence-corrected chi connectivity index (χ2v) is 6.87. The van der Waals surface area contributed by atoms with Gasteiger partial charge in [-0.15, -0.1) is 5.92 Å². The maximum Gasteiger partial charge on any atom is 0.300 e. The molecule has 3 rings (SSSR count). The maximum absolute atomic E-state index is 13.1. The van der Waals surface area contributed by atoms with Crippen LogP contribution in [0.2, 0.25) is 0 Å². The van der Waals surface area contributed by atoms with Gasteiger partial charge in [-0.3, -0.25) is 14.5 Å². The Hall–Kier alpha value is -3.19. The Bertz CT molecular complexity index is 1040. The summed E-state index contributed by atoms with van der Waals surface area (Å²) in [6.45, 7) is 2.24. The van der Waals surface area contributed by atoms with E-state index in [1.54, 1.807) is 17.9 Å². The summed E-state index contributed by atoms with van der Waals surface area (Å²) in [6.07, 6.45) is 0. The molecule has 2 aromatic rings. The van der Waals surface area contributed by atoms with Gasteiger partial charge in [0.2, 0.25) is 0 Å². The van der Waals surface area contributed by atoms with E-state index in [4.69, 9.17) is 4.74 Å². The molecule has 1 aliphatic heterocycles. The van der Waals surface area contributed by atoms with Crippen molar-refractivity contribution >= 4 is 35.0 Å². The number of hydrogen-bond acceptors (Lipinski definition) is 4. The summed E-state index contributed by atoms with van der Waals surface area (Å²) in [7, 11) is 1.52. The summed E-state index contributed by atoms with van der Waals surface area (Å²) in [5.74, 6) is 10.4. The van der Waals surface area contributed by atoms with Crippen LogP contribution in [0.15, 0.2) is 52.3 Å². The first-order chi connectivity index (χ1) is 13.6. The van der Waals surface area contributed by atoms with Gasteiger partial charge >= 0.3 is 0 Å². The molecule has 2 amide bonds. The largest absolute Gasteiger partial charge is 0.372 e. The molecule has 5 nitrogen and oxygen atoms in total. The summed E-state index contributed by atoms with van der Waals surface area (Å²) < 4.78 is 4.81. The van der Waals surface area contributed by atoms with Crippen LogP contribution in [0.25, 0.3) is 0 Å². The predicted molar refractivity (Wildman–Crippen MR) is 110 cm³/mol. The van der Waals surface area contributed by atoms with Crippen molar-refractivity contribution in [3.8, 4) is 23.7 Å². The van der Waals surface area contributed by atoms with E-state index in [0.717, 1.165) is 15.5 Å². The van der Waals surface area contributed by atoms with Gasteiger partial charge in [0.15, 0.2) is 0 Å². The zero-order valence-corrected chi connectivity index (χ0v) is 16.4. The normalized spacial score (nSPS) is 11.8. The number of nitrogens with one attached hydrogen (secondary N) is 1. The Morgan fingerprint density at radius 3 is 2.79 bits per heavy atom. The number of benzene rings is 2. The van der Waals surface area contributed by atoms with Crippen molar-refractivity contribution in [2.24, 2.45) is 0 Å². The molecule has 1 aliphatic rings. The fraction of sp³-hybridized carbons (Fsp3) is 0.182. The fourth-order valence-electron chi connectivity index (χ4n) is 2.67. The SMILES string of the molecule is CC#CCN1C(=O)c2ccccc2Sc2cc(NC(=O)C#CCOC)ccc21. The Balaban J connectivity index is 1.97. The lowest BCUT2D eigenvalue weighted by Gasteiger charge is -2.21. The van der Waals surface area contributed by atoms with E-state index in [0.29, 0.717) is 17.8 Å². The van der Waals surface area contributed by atoms with Gasteiger partial charge < -0.3 is 10.1 Å². The summed E-state index contributed by atoms with van der Waals surface area (Å²) in [6, 6.07) is 12.9. The van der Waals surface area contributed by atoms with Gasteiger partial charge in [-0.05, 0) is 43.2 Å². The van der Waals surface area contributed by atoms with Crippen LogP contribution < -0.4 is 10.2 Å². The molecule has 0 fully saturated rings. The smallest absolute Gasteiger partial charge is 0.300 e. The lowest BCUT2D eigenvalue weighted by Crippen LogP contribution is -2.31. The predicted octanol–water partition coefficient (Wildman–Crippen LogP) is 3.41. The van der Waals surface area contributed by atoms with Crippen LogP contribution in [0, 0.1) is 23.7 Å². The first kappa shape index (κ1) is 19.6. The Morgan fingerprint density at radius 2 is 2.00 bits per heavy atom. The number of rotatable bonds is 3. The van der Waals surface area contributed by atoms with Crippen molar-refractivity contribution in [3.05, 3.63) is 48.0 Å². The van der Waals surface area contributed by atoms with Crippen LogP contribution in [0.1, 0.15) is 17.3 Å². The van der Waals surface area contributed by atoms with Crippen LogP contribution >= 0.6 is 11.8 Å². The van der Waals surface area contributed by atoms with Crippen LogP contribution in [0.5, 0.6) is 0 Å². The van der Waals surface area contributed by atoms with E-state index in [1.807, 2.05) is 36.4 Å². The fourth-order valence-corrected chi connectivity index (χ4v) is 3.79. The molecule has 0 saturated heterocycles. The lowest BCUT2D eigenvalue weighted by atomic mass is 10.1. The standard InChI is InChI=1S/C22H18N2O3S/c1-3-4-13-24-18-12-11-16(23-21(25)10-7-14-27-2)15-20(18)28-19-9-6-5-8-17(19)22(24)26/h5-6,8-9,11-12,15H,13-14H2,1-2H3,(H,23,25). The molecule has 140 valence electrons. The average Bonchev–Trinajstić information content (AvgIpc) is 2.80. The van der Waals surface area contributed by atoms with E-state index in [9.17, 15) is 9.59 Å². The summed E-state index contributed by atoms with van der Waals surface area (Å²) in [4.78, 5) is 28.4. The maximum atomic E-state index is 13.1. The molecule has 0 aromatic heterocycles. The van der Waals surface area contributed by atoms with Gasteiger partial charge in [0, 0.05) is 22.6 Å². The molecule has 0 bridgehead atoms. The Labute approximate surface area is 168 Å². The third-order valence-corrected chi connectivity index (χ3v) is 5.05. The van der Waals surface area contributed by atoms with E-state index in [-0.39, 0.29) is 12.5 Å². The van der Waals surface area contributed by atoms with Crippen LogP contribution in [-0.4, -0.2) is 32.1 Å². The van der Waals surface area contributed by atoms with Gasteiger partial charge in [-0.25, -0.2) is 0 Å². The molecule has 6 heteroatoms. The van der Waals surface area contributed by atoms with Crippen molar-refractivity contribution in [1.29, 1.82) is 0 Å². The topological polar surface area (TPSA) is 58.6 Å². The zero-order valence-electron chi connectivity index (χ0n) is 15.5. The number of carbonyl (C=O) groups excluding carboxylic acids is 2. The molecule has 0 saturated carbocycles. The van der Waals surface area contributed by atoms with Crippen molar-refractivity contribution < 1.29 is 14.3 Å². The van der Waals surface area contributed by atoms with Gasteiger partial charge in [-0.2, -0.15) is 0 Å². The van der Waals surface area contributed by atoms with E-state index in [1.165, 1.54) is 18.9 Å². The van der Waals surface area contributed by atoms with Crippen LogP contribution in [0.3, 0.4) is 0 Å². The minimum absolute atomic E-state index is 0.0909. The monoisotopic (exact) mass is 390 g/mol. The molecule has 2 aromatic carbocycles. The number of hydrogen-bond donors (Lipinski definition) is 1. The van der Waals surface area contributed by atoms with Crippen LogP contribution in [-0.2, 0) is 9.53 Å². The highest BCUT2D eigenvalue weighted by Crippen LogP contribution is 2.42. The van der Waals surface area contributed by atoms with E-state index in [2.05, 4.69) is 29.0 Å². The van der Waals surface area contributed by atoms with Crippen molar-refractivity contribution in [2.75, 3.05) is 30.5 Å². The van der Waals surface area contributed by atoms with Crippen molar-refractivity contribution in [3.63, 3.8) is 0 Å². The Morgan fingerprint density at radius 1 is 1.18 bits per heavy atom. The molecular weight excluding hydrogens is 372 g/mol. The van der Waals surface area contributed by atoms with Gasteiger partial charge in [0.1, 0.15) is 6.61 Å². The highest BCUT2D eigenvalue weighted by molar-refractivity contribution is 7.99. The van der Waals surface area contributed by atoms with Gasteiger partial charge in [0.05, 0.1) is 17.8 Å². The zero-order chi connectivity index (χ0) is 19.9. The lowest BCUT2D eigenvalue weighted by molar-refractivity contribution is -0.111. The first-order valence-electron chi connectivity index (χ1n) is 8.55. The second-order valence-electron chi connectivity index (χ2n) is 5.79. The highest BCUT2D eigenvalue weighted by atomic mass is 32.2. The quantitative estimate of drug-likeness (QED) is 0.816. The van der Waals surface area contributed by atoms with Crippen molar-refractivity contribution in [1.82, 2.24) is 0 Å². The number of carbonyl (C=O) groups is 2. The molecule has 28 heavy (non-hydrogen) atoms. The number of anilines is 2. The number of amides is 2. The number of nitrogens with zero attached hydrogens (tertiary/aromatic N) is 1. The minimum Gasteiger partial charge on any atom is -0.372 e. The van der Waals surface area contributed by atoms with E-state index >= 15 is 0 Å². The summed E-state index contributed by atoms with van der Waals surface area (Å²) in [5, 5.41) is 2.75. The first-order valence-corrected chi connectivity index (χ1v) is 9.37. The van der Waals surface area contributed by atoms with E-state index < -0.39 is 5.91 Å². The molecule has 0 aliphatic carbocycles. The minimum atomic E-state index is -0.416. The summed E-state index contributed by atoms with van der Waals surface area (Å²) >= 11 is 1.49. The summed E-state index contributed by atoms with van der Waals surface area (Å²) in [5.41, 5.74) is 2.01. The second kappa shape index (κ2) is 9.14. The molecule has 0 atom stereocenters. The molecule has 0 spiro atoms. The average molecular weight is 390 g/mol. The van der Waals surface area contributed by atoms with Crippen LogP contribution in [0.4, 0.5) is 11.4 Å². The molecule has 1 N–H and O–H groups in total.